The molecule has 20 atom stereocenters. The number of hydrogen-bond donors (Lipinski definition) is 6. The van der Waals surface area contributed by atoms with Crippen LogP contribution < -0.4 is 21.3 Å². The molecule has 1 heterocycles. The van der Waals surface area contributed by atoms with Gasteiger partial charge in [-0.3, -0.25) is 81.5 Å². The summed E-state index contributed by atoms with van der Waals surface area (Å²) in [5.41, 5.74) is -6.18. The highest BCUT2D eigenvalue weighted by atomic mass is 19.1. The number of rotatable bonds is 39. The molecule has 11 amide bonds. The minimum absolute atomic E-state index is 0.0193. The Morgan fingerprint density at radius 2 is 0.979 bits per heavy atom. The van der Waals surface area contributed by atoms with E-state index in [4.69, 9.17) is 42.6 Å². The predicted molar refractivity (Wildman–Crippen MR) is 521 cm³/mol. The second kappa shape index (κ2) is 55.8. The number of carbonyl (C=O) groups is 18. The smallest absolute Gasteiger partial charge is 0.463 e. The van der Waals surface area contributed by atoms with Gasteiger partial charge in [0.15, 0.2) is 18.1 Å². The summed E-state index contributed by atoms with van der Waals surface area (Å²) in [5.74, 6) is -18.3. The first kappa shape index (κ1) is 123. The Morgan fingerprint density at radius 3 is 1.48 bits per heavy atom. The number of allylic oxidation sites excluding steroid dienone is 6. The Morgan fingerprint density at radius 1 is 0.517 bits per heavy atom. The second-order valence-corrected chi connectivity index (χ2v) is 41.7. The first-order valence-corrected chi connectivity index (χ1v) is 50.2. The zero-order valence-corrected chi connectivity index (χ0v) is 89.2. The Bertz CT molecular complexity index is 4520. The van der Waals surface area contributed by atoms with E-state index >= 15 is 23.6 Å². The summed E-state index contributed by atoms with van der Waals surface area (Å²) in [7, 11) is 9.42. The monoisotopic (exact) mass is 2030 g/mol. The SMILES string of the molecule is C/C=C/C[C@@H](C)C(OC(=O)OCOC(=O)CCC(=O)OCCOCCOCCOCCOC(=O)CCC(=O)OCC(=O)[C@@]1(O)[C@H](C)CC2C3CCC4=CC(=O)C=C[C@]4(C)[C@@]3(F)[C@@H](O)C[C@@]21C)C1C(=O)NC(CC)C(=O)N(C)CC(=O)N(C)[C@@H](CC(C)C)C(=O)NC(C(C)C)C(=O)N(C)C(CC(C)C)C(=O)NC(C)C(=O)NC(C)C(=O)N(C)C(CC(C)C)C(=O)N(C)C(CC(C)C)C(=O)N(C)C(C(C)C)C(=O)N1C. The van der Waals surface area contributed by atoms with Gasteiger partial charge in [0.05, 0.1) is 78.0 Å². The highest BCUT2D eigenvalue weighted by molar-refractivity contribution is 6.02. The number of nitrogens with one attached hydrogen (secondary N) is 4. The summed E-state index contributed by atoms with van der Waals surface area (Å²) in [6.45, 7) is 31.2. The standard InChI is InChI=1S/C102H164FN11O29/c1-28-30-31-64(15)87(143-98(133)142-57-141-83(122)37-35-81(120)139-47-45-137-43-41-135-40-42-136-44-46-138-80(119)34-36-82(121)140-56-78(117)102(134)65(16)52-71-70-33-32-68-53-69(115)38-39-99(68,19)101(70,103)77(116)54-100(71,102)20)86-91(126)106-72(29-2)93(128)108(21)55-79(118)109(22)73(48-58(3)4)90(125)107-84(62(11)12)96(131)110(23)74(49-59(5)6)89(124)104-66(17)88(123)105-67(18)92(127)111(24)75(50-60(7)8)94(129)112(25)76(51-61(9)10)95(130)113(26)85(63(13)14)97(132)114(86)27/h28,30,38-39,53,58-67,70-77,84-87,116,134H,29,31-37,40-52,54-57H2,1-27H3,(H,104,124)(H,105,123)(H,106,126)(H,107,125)/b30-28+/t64-,65-,66?,67?,70?,71?,72?,73+,74?,75?,76?,77+,84?,85?,86?,87?,99+,100+,101+,102+/m1/s1. The van der Waals surface area contributed by atoms with Crippen molar-refractivity contribution in [1.29, 1.82) is 0 Å². The molecule has 0 spiro atoms. The first-order valence-electron chi connectivity index (χ1n) is 50.2. The molecule has 0 aromatic carbocycles. The molecular formula is C102H164FN11O29. The molecule has 1 saturated heterocycles. The maximum Gasteiger partial charge on any atom is 0.511 e. The van der Waals surface area contributed by atoms with Gasteiger partial charge in [0.2, 0.25) is 77.6 Å². The zero-order valence-electron chi connectivity index (χ0n) is 89.2. The van der Waals surface area contributed by atoms with Gasteiger partial charge in [0.1, 0.15) is 85.3 Å². The van der Waals surface area contributed by atoms with E-state index in [0.717, 1.165) is 19.6 Å². The van der Waals surface area contributed by atoms with E-state index < -0.39 is 270 Å². The van der Waals surface area contributed by atoms with Crippen LogP contribution in [-0.4, -0.2) is 357 Å². The van der Waals surface area contributed by atoms with Crippen molar-refractivity contribution in [3.63, 3.8) is 0 Å². The molecule has 6 N–H and O–H groups in total. The van der Waals surface area contributed by atoms with Gasteiger partial charge in [0.25, 0.3) is 0 Å². The molecule has 5 rings (SSSR count). The van der Waals surface area contributed by atoms with Crippen molar-refractivity contribution < 1.29 is 144 Å². The molecule has 5 aliphatic rings. The lowest BCUT2D eigenvalue weighted by molar-refractivity contribution is -0.220. The average molecular weight is 2030 g/mol. The number of ether oxygens (including phenoxy) is 9. The third kappa shape index (κ3) is 32.1. The number of amides is 11. The number of likely N-dealkylation sites (N-methyl/N-ethyl adjacent to an activating group) is 7. The topological polar surface area (TPSA) is 502 Å². The van der Waals surface area contributed by atoms with E-state index in [1.54, 1.807) is 81.4 Å². The largest absolute Gasteiger partial charge is 0.511 e. The number of hydrogen-bond acceptors (Lipinski definition) is 29. The highest BCUT2D eigenvalue weighted by Crippen LogP contribution is 2.71. The van der Waals surface area contributed by atoms with Crippen LogP contribution in [0.4, 0.5) is 9.18 Å². The fourth-order valence-corrected chi connectivity index (χ4v) is 20.2. The third-order valence-corrected chi connectivity index (χ3v) is 28.5. The Labute approximate surface area is 842 Å². The minimum atomic E-state index is -2.17. The molecule has 3 saturated carbocycles. The second-order valence-electron chi connectivity index (χ2n) is 41.7. The van der Waals surface area contributed by atoms with Gasteiger partial charge in [-0.25, -0.2) is 9.18 Å². The number of aliphatic hydroxyl groups is 2. The fraction of sp³-hybridized carbons (Fsp3) is 0.765. The summed E-state index contributed by atoms with van der Waals surface area (Å²) in [6.07, 6.45) is 1.85. The highest BCUT2D eigenvalue weighted by Gasteiger charge is 2.76. The van der Waals surface area contributed by atoms with Crippen LogP contribution in [0.2, 0.25) is 0 Å². The molecule has 0 aromatic heterocycles. The lowest BCUT2D eigenvalue weighted by Crippen LogP contribution is -2.69. The van der Waals surface area contributed by atoms with Crippen molar-refractivity contribution in [2.75, 3.05) is 122 Å². The van der Waals surface area contributed by atoms with Gasteiger partial charge in [-0.15, -0.1) is 0 Å². The summed E-state index contributed by atoms with van der Waals surface area (Å²) in [6, 6.07) is -13.8. The Kier molecular flexibility index (Phi) is 48.0. The number of alkyl halides is 1. The van der Waals surface area contributed by atoms with Crippen LogP contribution in [0.15, 0.2) is 36.0 Å². The predicted octanol–water partition coefficient (Wildman–Crippen LogP) is 6.09. The van der Waals surface area contributed by atoms with Crippen LogP contribution in [0.5, 0.6) is 0 Å². The Hall–Kier alpha value is -10.4. The van der Waals surface area contributed by atoms with Gasteiger partial charge < -0.3 is 108 Å². The van der Waals surface area contributed by atoms with Gasteiger partial charge in [-0.2, -0.15) is 0 Å². The number of nitrogens with zero attached hydrogens (tertiary/aromatic N) is 7. The minimum Gasteiger partial charge on any atom is -0.463 e. The average Bonchev–Trinajstić information content (AvgIpc) is 1.56. The summed E-state index contributed by atoms with van der Waals surface area (Å²) in [5, 5.41) is 34.8. The number of fused-ring (bicyclic) bond motifs is 5. The van der Waals surface area contributed by atoms with Crippen molar-refractivity contribution in [1.82, 2.24) is 55.6 Å². The number of Topliss-reactive ketones (excluding diaryl/α,β-unsaturated/α-hetero) is 1. The van der Waals surface area contributed by atoms with Crippen molar-refractivity contribution in [3.8, 4) is 0 Å². The molecule has 0 radical (unpaired) electrons. The fourth-order valence-electron chi connectivity index (χ4n) is 20.2. The van der Waals surface area contributed by atoms with E-state index in [1.165, 1.54) is 96.1 Å². The summed E-state index contributed by atoms with van der Waals surface area (Å²) < 4.78 is 66.1. The number of carbonyl (C=O) groups excluding carboxylic acids is 18. The van der Waals surface area contributed by atoms with Crippen LogP contribution in [0.3, 0.4) is 0 Å². The number of halogens is 1. The van der Waals surface area contributed by atoms with Crippen LogP contribution in [0.25, 0.3) is 0 Å². The number of esters is 4. The van der Waals surface area contributed by atoms with Crippen molar-refractivity contribution in [2.45, 2.75) is 312 Å². The van der Waals surface area contributed by atoms with Crippen LogP contribution in [-0.2, 0) is 124 Å². The maximum absolute atomic E-state index is 17.6. The quantitative estimate of drug-likeness (QED) is 0.0133. The van der Waals surface area contributed by atoms with E-state index in [2.05, 4.69) is 21.3 Å². The van der Waals surface area contributed by atoms with Gasteiger partial charge >= 0.3 is 30.0 Å². The molecule has 1 aliphatic heterocycles. The first-order chi connectivity index (χ1) is 66.8. The molecular weight excluding hydrogens is 1860 g/mol. The molecule has 0 bridgehead atoms. The normalized spacial score (nSPS) is 28.6. The van der Waals surface area contributed by atoms with E-state index in [0.29, 0.717) is 18.4 Å². The molecule has 40 nitrogen and oxygen atoms in total. The van der Waals surface area contributed by atoms with Crippen LogP contribution >= 0.6 is 0 Å². The van der Waals surface area contributed by atoms with E-state index in [-0.39, 0.29) is 140 Å². The van der Waals surface area contributed by atoms with Crippen molar-refractivity contribution >= 4 is 107 Å². The molecule has 4 fully saturated rings. The maximum atomic E-state index is 17.6. The van der Waals surface area contributed by atoms with E-state index in [1.807, 2.05) is 55.4 Å². The molecule has 143 heavy (non-hydrogen) atoms. The lowest BCUT2D eigenvalue weighted by atomic mass is 9.44. The molecule has 4 aliphatic carbocycles. The van der Waals surface area contributed by atoms with Crippen molar-refractivity contribution in [2.24, 2.45) is 70.0 Å². The van der Waals surface area contributed by atoms with Gasteiger partial charge in [-0.05, 0) is 157 Å². The summed E-state index contributed by atoms with van der Waals surface area (Å²) in [4.78, 5) is 264. The molecule has 808 valence electrons. The molecule has 12 unspecified atom stereocenters. The van der Waals surface area contributed by atoms with Crippen LogP contribution in [0.1, 0.15) is 228 Å². The van der Waals surface area contributed by atoms with E-state index in [9.17, 15) is 77.3 Å². The third-order valence-electron chi connectivity index (χ3n) is 28.5. The molecule has 41 heteroatoms. The van der Waals surface area contributed by atoms with Crippen LogP contribution in [0, 0.1) is 70.0 Å². The van der Waals surface area contributed by atoms with Crippen molar-refractivity contribution in [3.05, 3.63) is 36.0 Å². The van der Waals surface area contributed by atoms with Gasteiger partial charge in [-0.1, -0.05) is 135 Å². The number of ketones is 2. The zero-order chi connectivity index (χ0) is 108. The lowest BCUT2D eigenvalue weighted by Gasteiger charge is -2.62. The van der Waals surface area contributed by atoms with Gasteiger partial charge in [0, 0.05) is 66.1 Å². The number of aliphatic hydroxyl groups excluding tert-OH is 1. The summed E-state index contributed by atoms with van der Waals surface area (Å²) >= 11 is 0. The Balaban J connectivity index is 1.23. The molecule has 0 aromatic rings.